The first kappa shape index (κ1) is 13.8. The fourth-order valence-electron chi connectivity index (χ4n) is 2.32. The van der Waals surface area contributed by atoms with Crippen LogP contribution >= 0.6 is 11.6 Å². The summed E-state index contributed by atoms with van der Waals surface area (Å²) < 4.78 is 0. The van der Waals surface area contributed by atoms with Gasteiger partial charge in [-0.25, -0.2) is 0 Å². The summed E-state index contributed by atoms with van der Waals surface area (Å²) in [5.41, 5.74) is 0. The molecule has 1 aliphatic rings. The lowest BCUT2D eigenvalue weighted by Gasteiger charge is -2.25. The molecule has 0 radical (unpaired) electrons. The maximum absolute atomic E-state index is 11.7. The van der Waals surface area contributed by atoms with Gasteiger partial charge in [-0.2, -0.15) is 0 Å². The van der Waals surface area contributed by atoms with Gasteiger partial charge in [0.25, 0.3) is 0 Å². The predicted molar refractivity (Wildman–Crippen MR) is 68.7 cm³/mol. The molecule has 94 valence electrons. The molecule has 2 atom stereocenters. The van der Waals surface area contributed by atoms with Crippen molar-refractivity contribution >= 4 is 17.5 Å². The van der Waals surface area contributed by atoms with Crippen LogP contribution in [0.4, 0.5) is 0 Å². The zero-order chi connectivity index (χ0) is 12.1. The van der Waals surface area contributed by atoms with E-state index in [0.717, 1.165) is 18.9 Å². The summed E-state index contributed by atoms with van der Waals surface area (Å²) >= 11 is 5.81. The number of carbonyl (C=O) groups excluding carboxylic acids is 1. The van der Waals surface area contributed by atoms with Gasteiger partial charge in [-0.15, -0.1) is 11.6 Å². The lowest BCUT2D eigenvalue weighted by molar-refractivity contribution is -0.129. The van der Waals surface area contributed by atoms with Crippen LogP contribution in [0.2, 0.25) is 0 Å². The van der Waals surface area contributed by atoms with E-state index < -0.39 is 0 Å². The average molecular weight is 246 g/mol. The molecule has 1 amide bonds. The molecule has 0 saturated carbocycles. The van der Waals surface area contributed by atoms with Crippen LogP contribution in [-0.4, -0.2) is 29.3 Å². The van der Waals surface area contributed by atoms with Gasteiger partial charge >= 0.3 is 0 Å². The maximum atomic E-state index is 11.7. The average Bonchev–Trinajstić information content (AvgIpc) is 2.59. The molecule has 0 bridgehead atoms. The van der Waals surface area contributed by atoms with Crippen molar-refractivity contribution in [2.24, 2.45) is 11.8 Å². The highest BCUT2D eigenvalue weighted by molar-refractivity contribution is 6.18. The van der Waals surface area contributed by atoms with E-state index >= 15 is 0 Å². The van der Waals surface area contributed by atoms with Gasteiger partial charge in [-0.3, -0.25) is 4.79 Å². The van der Waals surface area contributed by atoms with Crippen LogP contribution in [0.1, 0.15) is 46.5 Å². The minimum atomic E-state index is 0.294. The van der Waals surface area contributed by atoms with Gasteiger partial charge in [0, 0.05) is 24.9 Å². The molecular weight excluding hydrogens is 222 g/mol. The van der Waals surface area contributed by atoms with E-state index in [1.54, 1.807) is 0 Å². The first-order valence-corrected chi connectivity index (χ1v) is 6.93. The van der Waals surface area contributed by atoms with Crippen LogP contribution in [0, 0.1) is 11.8 Å². The number of carbonyl (C=O) groups is 1. The lowest BCUT2D eigenvalue weighted by Crippen LogP contribution is -2.34. The molecule has 1 fully saturated rings. The van der Waals surface area contributed by atoms with E-state index in [1.165, 1.54) is 12.8 Å². The number of halogens is 1. The predicted octanol–water partition coefficient (Wildman–Crippen LogP) is 3.29. The molecule has 0 aromatic carbocycles. The van der Waals surface area contributed by atoms with Crippen molar-refractivity contribution < 1.29 is 4.79 Å². The number of hydrogen-bond acceptors (Lipinski definition) is 1. The molecular formula is C13H24ClNO. The second-order valence-electron chi connectivity index (χ2n) is 5.44. The largest absolute Gasteiger partial charge is 0.340 e. The van der Waals surface area contributed by atoms with Crippen molar-refractivity contribution in [3.8, 4) is 0 Å². The first-order valence-electron chi connectivity index (χ1n) is 6.40. The summed E-state index contributed by atoms with van der Waals surface area (Å²) in [7, 11) is 0. The number of amides is 1. The van der Waals surface area contributed by atoms with Gasteiger partial charge in [0.15, 0.2) is 0 Å². The van der Waals surface area contributed by atoms with Crippen molar-refractivity contribution in [2.75, 3.05) is 12.4 Å². The standard InChI is InChI=1S/C13H24ClNO/c1-10(2)5-4-6-11(3)15-9-12(8-14)7-13(15)16/h10-12H,4-9H2,1-3H3. The summed E-state index contributed by atoms with van der Waals surface area (Å²) in [6.07, 6.45) is 4.25. The summed E-state index contributed by atoms with van der Waals surface area (Å²) in [5, 5.41) is 0. The van der Waals surface area contributed by atoms with Crippen LogP contribution in [0.25, 0.3) is 0 Å². The molecule has 0 spiro atoms. The Morgan fingerprint density at radius 2 is 2.06 bits per heavy atom. The van der Waals surface area contributed by atoms with Crippen LogP contribution in [0.3, 0.4) is 0 Å². The Morgan fingerprint density at radius 3 is 2.56 bits per heavy atom. The highest BCUT2D eigenvalue weighted by Crippen LogP contribution is 2.23. The third-order valence-corrected chi connectivity index (χ3v) is 3.83. The van der Waals surface area contributed by atoms with E-state index in [0.29, 0.717) is 30.2 Å². The number of likely N-dealkylation sites (tertiary alicyclic amines) is 1. The number of nitrogens with zero attached hydrogens (tertiary/aromatic N) is 1. The molecule has 0 aliphatic carbocycles. The zero-order valence-corrected chi connectivity index (χ0v) is 11.5. The second-order valence-corrected chi connectivity index (χ2v) is 5.75. The van der Waals surface area contributed by atoms with E-state index in [2.05, 4.69) is 20.8 Å². The van der Waals surface area contributed by atoms with E-state index in [1.807, 2.05) is 4.90 Å². The van der Waals surface area contributed by atoms with Gasteiger partial charge in [0.05, 0.1) is 0 Å². The van der Waals surface area contributed by atoms with Crippen molar-refractivity contribution in [1.82, 2.24) is 4.90 Å². The molecule has 0 N–H and O–H groups in total. The Hall–Kier alpha value is -0.240. The molecule has 1 saturated heterocycles. The first-order chi connectivity index (χ1) is 7.54. The second kappa shape index (κ2) is 6.48. The Balaban J connectivity index is 2.31. The van der Waals surface area contributed by atoms with Gasteiger partial charge in [-0.05, 0) is 25.2 Å². The molecule has 0 aromatic heterocycles. The van der Waals surface area contributed by atoms with E-state index in [4.69, 9.17) is 11.6 Å². The van der Waals surface area contributed by atoms with Crippen molar-refractivity contribution in [2.45, 2.75) is 52.5 Å². The molecule has 16 heavy (non-hydrogen) atoms. The van der Waals surface area contributed by atoms with Crippen LogP contribution in [-0.2, 0) is 4.79 Å². The molecule has 2 nitrogen and oxygen atoms in total. The number of hydrogen-bond donors (Lipinski definition) is 0. The monoisotopic (exact) mass is 245 g/mol. The molecule has 2 unspecified atom stereocenters. The minimum absolute atomic E-state index is 0.294. The summed E-state index contributed by atoms with van der Waals surface area (Å²) in [6, 6.07) is 0.388. The minimum Gasteiger partial charge on any atom is -0.340 e. The molecule has 0 aromatic rings. The zero-order valence-electron chi connectivity index (χ0n) is 10.7. The normalized spacial score (nSPS) is 23.2. The van der Waals surface area contributed by atoms with Crippen LogP contribution in [0.15, 0.2) is 0 Å². The maximum Gasteiger partial charge on any atom is 0.223 e. The fraction of sp³-hybridized carbons (Fsp3) is 0.923. The molecule has 1 heterocycles. The summed E-state index contributed by atoms with van der Waals surface area (Å²) in [4.78, 5) is 13.8. The lowest BCUT2D eigenvalue weighted by atomic mass is 10.0. The summed E-state index contributed by atoms with van der Waals surface area (Å²) in [6.45, 7) is 7.52. The van der Waals surface area contributed by atoms with Gasteiger partial charge in [0.2, 0.25) is 5.91 Å². The molecule has 3 heteroatoms. The van der Waals surface area contributed by atoms with Crippen molar-refractivity contribution in [3.05, 3.63) is 0 Å². The van der Waals surface area contributed by atoms with Crippen molar-refractivity contribution in [1.29, 1.82) is 0 Å². The van der Waals surface area contributed by atoms with Crippen LogP contribution in [0.5, 0.6) is 0 Å². The van der Waals surface area contributed by atoms with Gasteiger partial charge in [-0.1, -0.05) is 26.7 Å². The highest BCUT2D eigenvalue weighted by Gasteiger charge is 2.31. The Labute approximate surface area is 104 Å². The third-order valence-electron chi connectivity index (χ3n) is 3.39. The Kier molecular flexibility index (Phi) is 5.60. The molecule has 1 aliphatic heterocycles. The Bertz CT molecular complexity index is 230. The third kappa shape index (κ3) is 3.97. The summed E-state index contributed by atoms with van der Waals surface area (Å²) in [5.74, 6) is 2.04. The molecule has 1 rings (SSSR count). The van der Waals surface area contributed by atoms with E-state index in [9.17, 15) is 4.79 Å². The van der Waals surface area contributed by atoms with E-state index in [-0.39, 0.29) is 0 Å². The van der Waals surface area contributed by atoms with Gasteiger partial charge < -0.3 is 4.90 Å². The SMILES string of the molecule is CC(C)CCCC(C)N1CC(CCl)CC1=O. The highest BCUT2D eigenvalue weighted by atomic mass is 35.5. The number of rotatable bonds is 6. The smallest absolute Gasteiger partial charge is 0.223 e. The Morgan fingerprint density at radius 1 is 1.38 bits per heavy atom. The topological polar surface area (TPSA) is 20.3 Å². The number of alkyl halides is 1. The van der Waals surface area contributed by atoms with Crippen LogP contribution < -0.4 is 0 Å². The van der Waals surface area contributed by atoms with Crippen molar-refractivity contribution in [3.63, 3.8) is 0 Å². The quantitative estimate of drug-likeness (QED) is 0.658. The van der Waals surface area contributed by atoms with Gasteiger partial charge in [0.1, 0.15) is 0 Å². The fourth-order valence-corrected chi connectivity index (χ4v) is 2.52.